The van der Waals surface area contributed by atoms with Crippen molar-refractivity contribution in [2.24, 2.45) is 0 Å². The molecule has 0 radical (unpaired) electrons. The molecule has 0 spiro atoms. The normalized spacial score (nSPS) is 13.3. The number of allylic oxidation sites excluding steroid dienone is 1. The van der Waals surface area contributed by atoms with Crippen molar-refractivity contribution >= 4 is 6.08 Å². The van der Waals surface area contributed by atoms with E-state index in [0.29, 0.717) is 0 Å². The van der Waals surface area contributed by atoms with Crippen LogP contribution in [0.25, 0.3) is 6.08 Å². The lowest BCUT2D eigenvalue weighted by atomic mass is 10.0. The molecule has 0 atom stereocenters. The number of hydrogen-bond donors (Lipinski definition) is 0. The van der Waals surface area contributed by atoms with Crippen LogP contribution >= 0.6 is 0 Å². The van der Waals surface area contributed by atoms with Crippen molar-refractivity contribution in [2.45, 2.75) is 32.6 Å². The number of unbranched alkanes of at least 4 members (excludes halogenated alkanes) is 1. The lowest BCUT2D eigenvalue weighted by Crippen LogP contribution is -1.88. The van der Waals surface area contributed by atoms with Crippen LogP contribution in [0.4, 0.5) is 0 Å². The minimum Gasteiger partial charge on any atom is -0.0795 e. The third kappa shape index (κ3) is 1.82. The number of aryl methyl sites for hydroxylation is 1. The quantitative estimate of drug-likeness (QED) is 0.653. The first-order chi connectivity index (χ1) is 6.40. The summed E-state index contributed by atoms with van der Waals surface area (Å²) in [5.74, 6) is 0. The lowest BCUT2D eigenvalue weighted by Gasteiger charge is -2.03. The third-order valence-corrected chi connectivity index (χ3v) is 2.66. The second kappa shape index (κ2) is 3.78. The largest absolute Gasteiger partial charge is 0.0795 e. The molecule has 0 saturated heterocycles. The highest BCUT2D eigenvalue weighted by molar-refractivity contribution is 5.60. The van der Waals surface area contributed by atoms with Gasteiger partial charge in [0.15, 0.2) is 0 Å². The molecule has 68 valence electrons. The number of benzene rings is 1. The Hall–Kier alpha value is -1.04. The first-order valence-electron chi connectivity index (χ1n) is 5.18. The van der Waals surface area contributed by atoms with Gasteiger partial charge in [0.25, 0.3) is 0 Å². The summed E-state index contributed by atoms with van der Waals surface area (Å²) in [6.45, 7) is 2.24. The van der Waals surface area contributed by atoms with Crippen molar-refractivity contribution in [2.75, 3.05) is 0 Å². The van der Waals surface area contributed by atoms with Crippen molar-refractivity contribution in [3.63, 3.8) is 0 Å². The molecule has 13 heavy (non-hydrogen) atoms. The van der Waals surface area contributed by atoms with E-state index < -0.39 is 0 Å². The van der Waals surface area contributed by atoms with Crippen LogP contribution in [0.1, 0.15) is 36.5 Å². The molecule has 0 aliphatic heterocycles. The maximum absolute atomic E-state index is 2.37. The number of fused-ring (bicyclic) bond motifs is 1. The Bertz CT molecular complexity index is 321. The predicted octanol–water partition coefficient (Wildman–Crippen LogP) is 3.60. The van der Waals surface area contributed by atoms with Crippen molar-refractivity contribution in [1.82, 2.24) is 0 Å². The van der Waals surface area contributed by atoms with Gasteiger partial charge in [-0.3, -0.25) is 0 Å². The molecule has 0 fully saturated rings. The van der Waals surface area contributed by atoms with Gasteiger partial charge in [-0.05, 0) is 36.0 Å². The zero-order chi connectivity index (χ0) is 9.10. The highest BCUT2D eigenvalue weighted by Gasteiger charge is 2.04. The van der Waals surface area contributed by atoms with Gasteiger partial charge < -0.3 is 0 Å². The van der Waals surface area contributed by atoms with Crippen molar-refractivity contribution in [3.8, 4) is 0 Å². The highest BCUT2D eigenvalue weighted by Crippen LogP contribution is 2.21. The Labute approximate surface area is 80.3 Å². The van der Waals surface area contributed by atoms with Gasteiger partial charge in [-0.2, -0.15) is 0 Å². The smallest absolute Gasteiger partial charge is 0.00881 e. The van der Waals surface area contributed by atoms with Crippen LogP contribution in [0.2, 0.25) is 0 Å². The average molecular weight is 172 g/mol. The SMILES string of the molecule is CCCCc1ccc2c(c1)CC=C2. The van der Waals surface area contributed by atoms with Crippen LogP contribution in [-0.2, 0) is 12.8 Å². The zero-order valence-electron chi connectivity index (χ0n) is 8.22. The van der Waals surface area contributed by atoms with E-state index in [9.17, 15) is 0 Å². The molecule has 1 aliphatic rings. The van der Waals surface area contributed by atoms with Gasteiger partial charge in [0.05, 0.1) is 0 Å². The standard InChI is InChI=1S/C13H16/c1-2-3-5-11-8-9-12-6-4-7-13(12)10-11/h4,6,8-10H,2-3,5,7H2,1H3. The summed E-state index contributed by atoms with van der Waals surface area (Å²) < 4.78 is 0. The van der Waals surface area contributed by atoms with Crippen LogP contribution < -0.4 is 0 Å². The number of hydrogen-bond acceptors (Lipinski definition) is 0. The minimum atomic E-state index is 1.13. The Kier molecular flexibility index (Phi) is 2.49. The maximum atomic E-state index is 2.37. The maximum Gasteiger partial charge on any atom is -0.00881 e. The molecule has 0 heterocycles. The fraction of sp³-hybridized carbons (Fsp3) is 0.385. The molecule has 1 aromatic rings. The molecule has 0 amide bonds. The summed E-state index contributed by atoms with van der Waals surface area (Å²) in [7, 11) is 0. The van der Waals surface area contributed by atoms with Crippen LogP contribution in [0.3, 0.4) is 0 Å². The van der Waals surface area contributed by atoms with E-state index in [-0.39, 0.29) is 0 Å². The first kappa shape index (κ1) is 8.55. The van der Waals surface area contributed by atoms with Crippen molar-refractivity contribution < 1.29 is 0 Å². The van der Waals surface area contributed by atoms with E-state index in [0.717, 1.165) is 6.42 Å². The fourth-order valence-corrected chi connectivity index (χ4v) is 1.85. The van der Waals surface area contributed by atoms with Crippen molar-refractivity contribution in [1.29, 1.82) is 0 Å². The topological polar surface area (TPSA) is 0 Å². The van der Waals surface area contributed by atoms with E-state index in [1.807, 2.05) is 0 Å². The second-order valence-electron chi connectivity index (χ2n) is 3.74. The fourth-order valence-electron chi connectivity index (χ4n) is 1.85. The molecule has 0 aromatic heterocycles. The third-order valence-electron chi connectivity index (χ3n) is 2.66. The van der Waals surface area contributed by atoms with Gasteiger partial charge in [-0.1, -0.05) is 43.7 Å². The summed E-state index contributed by atoms with van der Waals surface area (Å²) in [4.78, 5) is 0. The van der Waals surface area contributed by atoms with Gasteiger partial charge in [0.1, 0.15) is 0 Å². The highest BCUT2D eigenvalue weighted by atomic mass is 14.1. The molecule has 1 aliphatic carbocycles. The van der Waals surface area contributed by atoms with Crippen LogP contribution in [0.15, 0.2) is 24.3 Å². The summed E-state index contributed by atoms with van der Waals surface area (Å²) >= 11 is 0. The Morgan fingerprint density at radius 3 is 3.08 bits per heavy atom. The minimum absolute atomic E-state index is 1.13. The van der Waals surface area contributed by atoms with Crippen LogP contribution in [0, 0.1) is 0 Å². The Morgan fingerprint density at radius 1 is 1.31 bits per heavy atom. The van der Waals surface area contributed by atoms with E-state index in [4.69, 9.17) is 0 Å². The van der Waals surface area contributed by atoms with E-state index in [1.54, 1.807) is 0 Å². The molecule has 1 aromatic carbocycles. The van der Waals surface area contributed by atoms with Gasteiger partial charge in [-0.25, -0.2) is 0 Å². The Morgan fingerprint density at radius 2 is 2.23 bits per heavy atom. The molecular weight excluding hydrogens is 156 g/mol. The molecule has 0 nitrogen and oxygen atoms in total. The zero-order valence-corrected chi connectivity index (χ0v) is 8.22. The Balaban J connectivity index is 2.14. The van der Waals surface area contributed by atoms with Crippen molar-refractivity contribution in [3.05, 3.63) is 41.0 Å². The van der Waals surface area contributed by atoms with E-state index in [2.05, 4.69) is 37.3 Å². The summed E-state index contributed by atoms with van der Waals surface area (Å²) in [6.07, 6.45) is 9.44. The molecular formula is C13H16. The van der Waals surface area contributed by atoms with E-state index >= 15 is 0 Å². The number of rotatable bonds is 3. The summed E-state index contributed by atoms with van der Waals surface area (Å²) in [6, 6.07) is 6.89. The molecule has 2 rings (SSSR count). The van der Waals surface area contributed by atoms with Crippen LogP contribution in [0.5, 0.6) is 0 Å². The second-order valence-corrected chi connectivity index (χ2v) is 3.74. The average Bonchev–Trinajstić information content (AvgIpc) is 2.61. The van der Waals surface area contributed by atoms with Gasteiger partial charge >= 0.3 is 0 Å². The predicted molar refractivity (Wildman–Crippen MR) is 57.8 cm³/mol. The van der Waals surface area contributed by atoms with Gasteiger partial charge in [0, 0.05) is 0 Å². The van der Waals surface area contributed by atoms with E-state index in [1.165, 1.54) is 36.0 Å². The molecule has 0 bridgehead atoms. The molecule has 0 saturated carbocycles. The van der Waals surface area contributed by atoms with Crippen LogP contribution in [-0.4, -0.2) is 0 Å². The first-order valence-corrected chi connectivity index (χ1v) is 5.18. The van der Waals surface area contributed by atoms with Gasteiger partial charge in [0.2, 0.25) is 0 Å². The lowest BCUT2D eigenvalue weighted by molar-refractivity contribution is 0.794. The molecule has 0 N–H and O–H groups in total. The van der Waals surface area contributed by atoms with Gasteiger partial charge in [-0.15, -0.1) is 0 Å². The molecule has 0 unspecified atom stereocenters. The summed E-state index contributed by atoms with van der Waals surface area (Å²) in [5, 5.41) is 0. The molecule has 0 heteroatoms. The monoisotopic (exact) mass is 172 g/mol. The summed E-state index contributed by atoms with van der Waals surface area (Å²) in [5.41, 5.74) is 4.43.